The Kier molecular flexibility index (Phi) is 4.23. The lowest BCUT2D eigenvalue weighted by molar-refractivity contribution is -0.122. The average Bonchev–Trinajstić information content (AvgIpc) is 2.87. The first-order valence-electron chi connectivity index (χ1n) is 7.31. The van der Waals surface area contributed by atoms with E-state index in [1.54, 1.807) is 30.1 Å². The van der Waals surface area contributed by atoms with Gasteiger partial charge in [-0.2, -0.15) is 0 Å². The molecule has 0 spiro atoms. The van der Waals surface area contributed by atoms with Gasteiger partial charge in [0.1, 0.15) is 0 Å². The van der Waals surface area contributed by atoms with E-state index in [0.29, 0.717) is 35.0 Å². The number of hydrogen-bond acceptors (Lipinski definition) is 5. The first-order chi connectivity index (χ1) is 11.0. The van der Waals surface area contributed by atoms with Crippen LogP contribution in [0.25, 0.3) is 10.9 Å². The number of hydrogen-bond donors (Lipinski definition) is 3. The molecule has 2 heterocycles. The third-order valence-corrected chi connectivity index (χ3v) is 4.32. The number of rotatable bonds is 3. The van der Waals surface area contributed by atoms with E-state index in [-0.39, 0.29) is 23.8 Å². The van der Waals surface area contributed by atoms with E-state index in [1.807, 2.05) is 0 Å². The van der Waals surface area contributed by atoms with E-state index in [1.165, 1.54) is 0 Å². The average molecular weight is 337 g/mol. The maximum absolute atomic E-state index is 12.2. The molecule has 1 aliphatic heterocycles. The van der Waals surface area contributed by atoms with E-state index in [2.05, 4.69) is 15.3 Å². The summed E-state index contributed by atoms with van der Waals surface area (Å²) in [5.41, 5.74) is 0.242. The van der Waals surface area contributed by atoms with Crippen molar-refractivity contribution in [1.82, 2.24) is 15.3 Å². The summed E-state index contributed by atoms with van der Waals surface area (Å²) in [6.07, 6.45) is -0.412. The van der Waals surface area contributed by atoms with E-state index >= 15 is 0 Å². The number of carbonyl (C=O) groups is 1. The number of nitrogens with one attached hydrogen (secondary N) is 2. The van der Waals surface area contributed by atoms with Gasteiger partial charge in [-0.1, -0.05) is 11.6 Å². The lowest BCUT2D eigenvalue weighted by Crippen LogP contribution is -2.27. The zero-order valence-electron chi connectivity index (χ0n) is 12.5. The Labute approximate surface area is 137 Å². The summed E-state index contributed by atoms with van der Waals surface area (Å²) >= 11 is 5.95. The Morgan fingerprint density at radius 2 is 2.30 bits per heavy atom. The molecule has 2 atom stereocenters. The van der Waals surface area contributed by atoms with Gasteiger partial charge in [0.15, 0.2) is 0 Å². The molecule has 1 fully saturated rings. The largest absolute Gasteiger partial charge is 0.391 e. The molecular weight excluding hydrogens is 320 g/mol. The maximum atomic E-state index is 12.2. The lowest BCUT2D eigenvalue weighted by atomic mass is 10.0. The third-order valence-electron chi connectivity index (χ3n) is 4.09. The molecule has 0 aliphatic carbocycles. The molecule has 1 saturated heterocycles. The molecule has 1 aromatic carbocycles. The SMILES string of the molecule is CNC(=O)C[C@@H]1CN(c2nc3cc(Cl)ccc3c(=O)[nH]2)C[C@H]1O. The molecule has 1 aromatic heterocycles. The van der Waals surface area contributed by atoms with Crippen molar-refractivity contribution >= 4 is 34.4 Å². The molecular formula is C15H17ClN4O3. The summed E-state index contributed by atoms with van der Waals surface area (Å²) in [7, 11) is 1.56. The highest BCUT2D eigenvalue weighted by Crippen LogP contribution is 2.24. The number of amides is 1. The highest BCUT2D eigenvalue weighted by atomic mass is 35.5. The van der Waals surface area contributed by atoms with E-state index in [0.717, 1.165) is 0 Å². The smallest absolute Gasteiger partial charge is 0.260 e. The predicted molar refractivity (Wildman–Crippen MR) is 87.8 cm³/mol. The number of carbonyl (C=O) groups excluding carboxylic acids is 1. The predicted octanol–water partition coefficient (Wildman–Crippen LogP) is 0.510. The van der Waals surface area contributed by atoms with Gasteiger partial charge in [-0.25, -0.2) is 4.98 Å². The first-order valence-corrected chi connectivity index (χ1v) is 7.69. The van der Waals surface area contributed by atoms with Gasteiger partial charge < -0.3 is 15.3 Å². The van der Waals surface area contributed by atoms with Crippen molar-refractivity contribution in [3.63, 3.8) is 0 Å². The van der Waals surface area contributed by atoms with Crippen molar-refractivity contribution in [3.8, 4) is 0 Å². The number of aliphatic hydroxyl groups excluding tert-OH is 1. The van der Waals surface area contributed by atoms with Crippen LogP contribution in [0, 0.1) is 5.92 Å². The molecule has 0 radical (unpaired) electrons. The summed E-state index contributed by atoms with van der Waals surface area (Å²) in [6.45, 7) is 0.764. The number of H-pyrrole nitrogens is 1. The normalized spacial score (nSPS) is 20.9. The summed E-state index contributed by atoms with van der Waals surface area (Å²) in [6, 6.07) is 4.89. The lowest BCUT2D eigenvalue weighted by Gasteiger charge is -2.16. The number of aromatic nitrogens is 2. The van der Waals surface area contributed by atoms with E-state index in [4.69, 9.17) is 11.6 Å². The number of nitrogens with zero attached hydrogens (tertiary/aromatic N) is 2. The standard InChI is InChI=1S/C15H17ClN4O3/c1-17-13(22)4-8-6-20(7-12(8)21)15-18-11-5-9(16)2-3-10(11)14(23)19-15/h2-3,5,8,12,21H,4,6-7H2,1H3,(H,17,22)(H,18,19,23)/t8-,12-/m1/s1. The van der Waals surface area contributed by atoms with Gasteiger partial charge in [0.2, 0.25) is 11.9 Å². The van der Waals surface area contributed by atoms with Gasteiger partial charge >= 0.3 is 0 Å². The van der Waals surface area contributed by atoms with Crippen LogP contribution < -0.4 is 15.8 Å². The van der Waals surface area contributed by atoms with Gasteiger partial charge in [0, 0.05) is 37.5 Å². The number of fused-ring (bicyclic) bond motifs is 1. The Bertz CT molecular complexity index is 807. The highest BCUT2D eigenvalue weighted by Gasteiger charge is 2.33. The molecule has 7 nitrogen and oxygen atoms in total. The molecule has 0 unspecified atom stereocenters. The Balaban J connectivity index is 1.89. The van der Waals surface area contributed by atoms with Crippen molar-refractivity contribution in [2.24, 2.45) is 5.92 Å². The zero-order chi connectivity index (χ0) is 16.6. The summed E-state index contributed by atoms with van der Waals surface area (Å²) < 4.78 is 0. The van der Waals surface area contributed by atoms with Crippen LogP contribution in [0.1, 0.15) is 6.42 Å². The molecule has 1 aliphatic rings. The molecule has 8 heteroatoms. The van der Waals surface area contributed by atoms with Crippen LogP contribution in [0.5, 0.6) is 0 Å². The summed E-state index contributed by atoms with van der Waals surface area (Å²) in [4.78, 5) is 32.6. The number of halogens is 1. The van der Waals surface area contributed by atoms with E-state index < -0.39 is 6.10 Å². The van der Waals surface area contributed by atoms with Crippen LogP contribution >= 0.6 is 11.6 Å². The van der Waals surface area contributed by atoms with Gasteiger partial charge in [0.05, 0.1) is 17.0 Å². The third kappa shape index (κ3) is 3.16. The van der Waals surface area contributed by atoms with Crippen LogP contribution in [0.15, 0.2) is 23.0 Å². The minimum absolute atomic E-state index is 0.123. The van der Waals surface area contributed by atoms with Crippen LogP contribution in [0.3, 0.4) is 0 Å². The van der Waals surface area contributed by atoms with Crippen LogP contribution in [-0.2, 0) is 4.79 Å². The van der Waals surface area contributed by atoms with Gasteiger partial charge in [-0.05, 0) is 18.2 Å². The Hall–Kier alpha value is -2.12. The number of aliphatic hydroxyl groups is 1. The van der Waals surface area contributed by atoms with Crippen LogP contribution in [-0.4, -0.2) is 47.2 Å². The second kappa shape index (κ2) is 6.17. The van der Waals surface area contributed by atoms with Gasteiger partial charge in [0.25, 0.3) is 5.56 Å². The van der Waals surface area contributed by atoms with Crippen LogP contribution in [0.4, 0.5) is 5.95 Å². The van der Waals surface area contributed by atoms with Crippen molar-refractivity contribution in [2.75, 3.05) is 25.0 Å². The fraction of sp³-hybridized carbons (Fsp3) is 0.400. The van der Waals surface area contributed by atoms with Crippen molar-refractivity contribution in [2.45, 2.75) is 12.5 Å². The minimum Gasteiger partial charge on any atom is -0.391 e. The molecule has 1 amide bonds. The molecule has 3 rings (SSSR count). The highest BCUT2D eigenvalue weighted by molar-refractivity contribution is 6.31. The second-order valence-electron chi connectivity index (χ2n) is 5.66. The minimum atomic E-state index is -0.646. The number of anilines is 1. The number of benzene rings is 1. The zero-order valence-corrected chi connectivity index (χ0v) is 13.3. The van der Waals surface area contributed by atoms with Gasteiger partial charge in [-0.3, -0.25) is 14.6 Å². The molecule has 122 valence electrons. The molecule has 23 heavy (non-hydrogen) atoms. The topological polar surface area (TPSA) is 98.3 Å². The second-order valence-corrected chi connectivity index (χ2v) is 6.10. The van der Waals surface area contributed by atoms with Gasteiger partial charge in [-0.15, -0.1) is 0 Å². The number of β-amino-alcohol motifs (C(OH)–C–C–N with tert-alkyl or cyclic N) is 1. The Morgan fingerprint density at radius 3 is 3.04 bits per heavy atom. The molecule has 0 saturated carbocycles. The number of aromatic amines is 1. The molecule has 3 N–H and O–H groups in total. The quantitative estimate of drug-likeness (QED) is 0.758. The first kappa shape index (κ1) is 15.8. The van der Waals surface area contributed by atoms with Crippen molar-refractivity contribution in [1.29, 1.82) is 0 Å². The fourth-order valence-corrected chi connectivity index (χ4v) is 2.98. The van der Waals surface area contributed by atoms with Crippen molar-refractivity contribution in [3.05, 3.63) is 33.6 Å². The monoisotopic (exact) mass is 336 g/mol. The van der Waals surface area contributed by atoms with E-state index in [9.17, 15) is 14.7 Å². The molecule has 0 bridgehead atoms. The summed E-state index contributed by atoms with van der Waals surface area (Å²) in [5, 5.41) is 13.6. The van der Waals surface area contributed by atoms with Crippen LogP contribution in [0.2, 0.25) is 5.02 Å². The fourth-order valence-electron chi connectivity index (χ4n) is 2.82. The Morgan fingerprint density at radius 1 is 1.52 bits per heavy atom. The molecule has 2 aromatic rings. The van der Waals surface area contributed by atoms with Crippen molar-refractivity contribution < 1.29 is 9.90 Å². The summed E-state index contributed by atoms with van der Waals surface area (Å²) in [5.74, 6) is 0.0566. The maximum Gasteiger partial charge on any atom is 0.260 e.